The van der Waals surface area contributed by atoms with Crippen LogP contribution < -0.4 is 10.6 Å². The third kappa shape index (κ3) is 5.89. The van der Waals surface area contributed by atoms with Crippen LogP contribution in [0.4, 0.5) is 5.69 Å². The van der Waals surface area contributed by atoms with Crippen LogP contribution in [0, 0.1) is 0 Å². The fraction of sp³-hybridized carbons (Fsp3) is 0.429. The predicted molar refractivity (Wildman–Crippen MR) is 105 cm³/mol. The van der Waals surface area contributed by atoms with E-state index in [0.29, 0.717) is 6.61 Å². The minimum Gasteiger partial charge on any atom is -0.492 e. The molecule has 2 N–H and O–H groups in total. The number of fused-ring (bicyclic) bond motifs is 1. The summed E-state index contributed by atoms with van der Waals surface area (Å²) in [5.41, 5.74) is 10.0. The van der Waals surface area contributed by atoms with Gasteiger partial charge >= 0.3 is 0 Å². The summed E-state index contributed by atoms with van der Waals surface area (Å²) in [5, 5.41) is 0. The number of nitrogens with two attached hydrogens (primary N) is 1. The summed E-state index contributed by atoms with van der Waals surface area (Å²) in [5.74, 6) is 0.842. The molecule has 0 aliphatic carbocycles. The van der Waals surface area contributed by atoms with E-state index < -0.39 is 0 Å². The summed E-state index contributed by atoms with van der Waals surface area (Å²) in [6, 6.07) is 8.53. The molecule has 1 aromatic rings. The Morgan fingerprint density at radius 2 is 2.08 bits per heavy atom. The van der Waals surface area contributed by atoms with Crippen molar-refractivity contribution in [2.24, 2.45) is 5.73 Å². The summed E-state index contributed by atoms with van der Waals surface area (Å²) >= 11 is 0. The van der Waals surface area contributed by atoms with E-state index in [9.17, 15) is 0 Å². The molecule has 24 heavy (non-hydrogen) atoms. The Morgan fingerprint density at radius 1 is 1.38 bits per heavy atom. The summed E-state index contributed by atoms with van der Waals surface area (Å²) in [6.07, 6.45) is 6.84. The maximum atomic E-state index is 6.24. The van der Waals surface area contributed by atoms with Gasteiger partial charge in [0.25, 0.3) is 0 Å². The van der Waals surface area contributed by atoms with Crippen LogP contribution in [0.25, 0.3) is 0 Å². The maximum Gasteiger partial charge on any atom is 0.115 e. The van der Waals surface area contributed by atoms with Gasteiger partial charge in [-0.15, -0.1) is 0 Å². The van der Waals surface area contributed by atoms with Crippen molar-refractivity contribution in [2.45, 2.75) is 40.2 Å². The lowest BCUT2D eigenvalue weighted by Gasteiger charge is -2.24. The van der Waals surface area contributed by atoms with Gasteiger partial charge in [-0.05, 0) is 49.6 Å². The van der Waals surface area contributed by atoms with Gasteiger partial charge in [-0.3, -0.25) is 0 Å². The minimum absolute atomic E-state index is 0.0152. The summed E-state index contributed by atoms with van der Waals surface area (Å²) in [6.45, 7) is 14.1. The highest BCUT2D eigenvalue weighted by atomic mass is 16.5. The Hall–Kier alpha value is -2.00. The molecule has 0 saturated carbocycles. The van der Waals surface area contributed by atoms with Crippen molar-refractivity contribution < 1.29 is 4.74 Å². The molecule has 3 nitrogen and oxygen atoms in total. The Morgan fingerprint density at radius 3 is 2.75 bits per heavy atom. The number of nitrogens with zero attached hydrogens (tertiary/aromatic N) is 1. The van der Waals surface area contributed by atoms with E-state index in [1.807, 2.05) is 45.9 Å². The first-order chi connectivity index (χ1) is 11.6. The van der Waals surface area contributed by atoms with Gasteiger partial charge in [0.2, 0.25) is 0 Å². The molecule has 1 heterocycles. The van der Waals surface area contributed by atoms with Gasteiger partial charge < -0.3 is 15.4 Å². The molecule has 0 amide bonds. The molecule has 132 valence electrons. The maximum absolute atomic E-state index is 6.24. The zero-order valence-electron chi connectivity index (χ0n) is 15.6. The number of allylic oxidation sites excluding steroid dienone is 4. The van der Waals surface area contributed by atoms with Crippen molar-refractivity contribution in [3.05, 3.63) is 66.0 Å². The van der Waals surface area contributed by atoms with E-state index in [1.54, 1.807) is 0 Å². The smallest absolute Gasteiger partial charge is 0.115 e. The first-order valence-corrected chi connectivity index (χ1v) is 8.82. The monoisotopic (exact) mass is 328 g/mol. The van der Waals surface area contributed by atoms with Gasteiger partial charge in [0.1, 0.15) is 12.4 Å². The zero-order chi connectivity index (χ0) is 17.9. The van der Waals surface area contributed by atoms with Crippen LogP contribution in [-0.4, -0.2) is 25.7 Å². The highest BCUT2D eigenvalue weighted by Gasteiger charge is 2.20. The fourth-order valence-corrected chi connectivity index (χ4v) is 2.63. The first kappa shape index (κ1) is 20.0. The average molecular weight is 328 g/mol. The summed E-state index contributed by atoms with van der Waals surface area (Å²) < 4.78 is 5.81. The van der Waals surface area contributed by atoms with Gasteiger partial charge in [-0.2, -0.15) is 0 Å². The van der Waals surface area contributed by atoms with E-state index in [1.165, 1.54) is 11.3 Å². The van der Waals surface area contributed by atoms with E-state index >= 15 is 0 Å². The average Bonchev–Trinajstić information content (AvgIpc) is 3.03. The second kappa shape index (κ2) is 10.7. The standard InChI is InChI=1S/C19H26N2O.C2H6/c1-4-15(3)12-18(5-2)22-14-17(20)13-21-11-10-16-8-6-7-9-19(16)21;1-2/h4-9,12,17H,1,10-11,13-14,20H2,2-3H3;1-2H3/b15-12-,18-5+;. The number of ether oxygens (including phenoxy) is 1. The molecule has 0 bridgehead atoms. The van der Waals surface area contributed by atoms with E-state index in [-0.39, 0.29) is 6.04 Å². The predicted octanol–water partition coefficient (Wildman–Crippen LogP) is 4.46. The van der Waals surface area contributed by atoms with Crippen molar-refractivity contribution in [3.8, 4) is 0 Å². The molecule has 2 rings (SSSR count). The van der Waals surface area contributed by atoms with Gasteiger partial charge in [-0.1, -0.05) is 44.7 Å². The van der Waals surface area contributed by atoms with Crippen LogP contribution in [0.2, 0.25) is 0 Å². The lowest BCUT2D eigenvalue weighted by Crippen LogP contribution is -2.39. The number of benzene rings is 1. The molecule has 3 heteroatoms. The summed E-state index contributed by atoms with van der Waals surface area (Å²) in [7, 11) is 0. The van der Waals surface area contributed by atoms with Crippen LogP contribution >= 0.6 is 0 Å². The number of hydrogen-bond donors (Lipinski definition) is 1. The fourth-order valence-electron chi connectivity index (χ4n) is 2.63. The van der Waals surface area contributed by atoms with Crippen LogP contribution in [0.1, 0.15) is 33.3 Å². The zero-order valence-corrected chi connectivity index (χ0v) is 15.6. The highest BCUT2D eigenvalue weighted by molar-refractivity contribution is 5.57. The first-order valence-electron chi connectivity index (χ1n) is 8.82. The highest BCUT2D eigenvalue weighted by Crippen LogP contribution is 2.27. The van der Waals surface area contributed by atoms with Crippen LogP contribution in [0.15, 0.2) is 60.4 Å². The van der Waals surface area contributed by atoms with E-state index in [0.717, 1.165) is 30.8 Å². The normalized spacial score (nSPS) is 15.3. The molecule has 0 fully saturated rings. The molecule has 0 saturated heterocycles. The number of para-hydroxylation sites is 1. The Balaban J connectivity index is 0.00000139. The Kier molecular flexibility index (Phi) is 8.95. The molecule has 1 atom stereocenters. The third-order valence-electron chi connectivity index (χ3n) is 3.88. The van der Waals surface area contributed by atoms with Crippen molar-refractivity contribution in [2.75, 3.05) is 24.6 Å². The van der Waals surface area contributed by atoms with Gasteiger partial charge in [-0.25, -0.2) is 0 Å². The van der Waals surface area contributed by atoms with Gasteiger partial charge in [0, 0.05) is 18.8 Å². The quantitative estimate of drug-likeness (QED) is 0.593. The van der Waals surface area contributed by atoms with Crippen LogP contribution in [0.5, 0.6) is 0 Å². The molecule has 1 aliphatic heterocycles. The van der Waals surface area contributed by atoms with Crippen molar-refractivity contribution in [1.29, 1.82) is 0 Å². The number of anilines is 1. The minimum atomic E-state index is -0.0152. The van der Waals surface area contributed by atoms with Crippen molar-refractivity contribution in [1.82, 2.24) is 0 Å². The summed E-state index contributed by atoms with van der Waals surface area (Å²) in [4.78, 5) is 2.35. The lowest BCUT2D eigenvalue weighted by atomic mass is 10.2. The molecular formula is C21H32N2O. The largest absolute Gasteiger partial charge is 0.492 e. The molecule has 1 unspecified atom stereocenters. The number of hydrogen-bond acceptors (Lipinski definition) is 3. The molecule has 0 aromatic heterocycles. The topological polar surface area (TPSA) is 38.5 Å². The Bertz CT molecular complexity index is 575. The lowest BCUT2D eigenvalue weighted by molar-refractivity contribution is 0.204. The second-order valence-electron chi connectivity index (χ2n) is 5.68. The SMILES string of the molecule is C=C/C(C)=C\C(=C/C)OCC(N)CN1CCc2ccccc21.CC. The van der Waals surface area contributed by atoms with E-state index in [4.69, 9.17) is 10.5 Å². The van der Waals surface area contributed by atoms with Crippen molar-refractivity contribution in [3.63, 3.8) is 0 Å². The van der Waals surface area contributed by atoms with Crippen LogP contribution in [-0.2, 0) is 11.2 Å². The Labute approximate surface area is 147 Å². The van der Waals surface area contributed by atoms with E-state index in [2.05, 4.69) is 35.7 Å². The van der Waals surface area contributed by atoms with Crippen molar-refractivity contribution >= 4 is 5.69 Å². The van der Waals surface area contributed by atoms with Gasteiger partial charge in [0.15, 0.2) is 0 Å². The van der Waals surface area contributed by atoms with Crippen LogP contribution in [0.3, 0.4) is 0 Å². The molecule has 0 radical (unpaired) electrons. The molecule has 1 aromatic carbocycles. The molecule has 0 spiro atoms. The second-order valence-corrected chi connectivity index (χ2v) is 5.68. The third-order valence-corrected chi connectivity index (χ3v) is 3.88. The van der Waals surface area contributed by atoms with Gasteiger partial charge in [0.05, 0.1) is 6.04 Å². The molecular weight excluding hydrogens is 296 g/mol. The number of rotatable bonds is 7. The molecule has 1 aliphatic rings.